The number of ketones is 1. The van der Waals surface area contributed by atoms with Gasteiger partial charge in [0.1, 0.15) is 5.78 Å². The summed E-state index contributed by atoms with van der Waals surface area (Å²) in [6, 6.07) is 0. The van der Waals surface area contributed by atoms with Gasteiger partial charge in [0.05, 0.1) is 11.4 Å². The van der Waals surface area contributed by atoms with Crippen molar-refractivity contribution in [2.75, 3.05) is 12.4 Å². The number of thioether (sulfide) groups is 1. The van der Waals surface area contributed by atoms with Crippen molar-refractivity contribution >= 4 is 36.9 Å². The first kappa shape index (κ1) is 38.0. The molecule has 7 unspecified atom stereocenters. The highest BCUT2D eigenvalue weighted by Gasteiger charge is 2.55. The molecule has 0 aromatic rings. The van der Waals surface area contributed by atoms with Crippen molar-refractivity contribution in [3.63, 3.8) is 0 Å². The molecule has 4 aliphatic carbocycles. The number of Topliss-reactive ketones (excluding diaryl/α,β-unsaturated/α-hetero) is 1. The third-order valence-electron chi connectivity index (χ3n) is 12.0. The summed E-state index contributed by atoms with van der Waals surface area (Å²) in [4.78, 5) is 24.4. The van der Waals surface area contributed by atoms with Crippen LogP contribution in [0.1, 0.15) is 145 Å². The molecule has 0 radical (unpaired) electrons. The number of amides is 1. The first-order valence-electron chi connectivity index (χ1n) is 17.9. The van der Waals surface area contributed by atoms with E-state index in [1.165, 1.54) is 77.0 Å². The van der Waals surface area contributed by atoms with E-state index in [2.05, 4.69) is 46.0 Å². The maximum Gasteiger partial charge on any atom is 0.230 e. The summed E-state index contributed by atoms with van der Waals surface area (Å²) in [7, 11) is 0. The van der Waals surface area contributed by atoms with Crippen LogP contribution >= 0.6 is 25.3 Å². The molecular formula is C38H67NO3S2. The summed E-state index contributed by atoms with van der Waals surface area (Å²) >= 11 is 1.87. The summed E-state index contributed by atoms with van der Waals surface area (Å²) in [5.41, 5.74) is 1.54. The van der Waals surface area contributed by atoms with E-state index in [0.717, 1.165) is 41.9 Å². The first-order valence-corrected chi connectivity index (χ1v) is 19.0. The highest BCUT2D eigenvalue weighted by Crippen LogP contribution is 2.64. The lowest BCUT2D eigenvalue weighted by molar-refractivity contribution is -0.123. The van der Waals surface area contributed by atoms with Gasteiger partial charge in [-0.3, -0.25) is 9.59 Å². The van der Waals surface area contributed by atoms with Gasteiger partial charge in [-0.05, 0) is 140 Å². The van der Waals surface area contributed by atoms with Crippen LogP contribution in [-0.2, 0) is 14.3 Å². The zero-order valence-corrected chi connectivity index (χ0v) is 31.4. The van der Waals surface area contributed by atoms with Crippen LogP contribution in [-0.4, -0.2) is 40.4 Å². The van der Waals surface area contributed by atoms with Gasteiger partial charge in [-0.2, -0.15) is 13.5 Å². The third kappa shape index (κ3) is 10.0. The Morgan fingerprint density at radius 3 is 2.52 bits per heavy atom. The smallest absolute Gasteiger partial charge is 0.230 e. The SMILES string of the molecule is CC(=O)CC(C)(C)OCCC(C)(C)NC(=O)CSC1CCC2C(=CCC3C2CCC2(C)C(CCCCC(C)C)CCC32)C1.S. The summed E-state index contributed by atoms with van der Waals surface area (Å²) in [5, 5.41) is 3.81. The quantitative estimate of drug-likeness (QED) is 0.142. The van der Waals surface area contributed by atoms with Gasteiger partial charge in [0.15, 0.2) is 0 Å². The Morgan fingerprint density at radius 1 is 1.07 bits per heavy atom. The number of allylic oxidation sites excluding steroid dienone is 2. The minimum Gasteiger partial charge on any atom is -0.375 e. The fourth-order valence-electron chi connectivity index (χ4n) is 9.80. The Labute approximate surface area is 282 Å². The van der Waals surface area contributed by atoms with Crippen molar-refractivity contribution in [3.05, 3.63) is 11.6 Å². The van der Waals surface area contributed by atoms with E-state index < -0.39 is 5.60 Å². The Morgan fingerprint density at radius 2 is 1.82 bits per heavy atom. The van der Waals surface area contributed by atoms with E-state index in [9.17, 15) is 9.59 Å². The Kier molecular flexibility index (Phi) is 13.9. The molecule has 7 atom stereocenters. The molecule has 0 aliphatic heterocycles. The second-order valence-corrected chi connectivity index (χ2v) is 18.2. The zero-order valence-electron chi connectivity index (χ0n) is 29.6. The zero-order chi connectivity index (χ0) is 31.4. The highest BCUT2D eigenvalue weighted by molar-refractivity contribution is 8.00. The summed E-state index contributed by atoms with van der Waals surface area (Å²) < 4.78 is 5.98. The van der Waals surface area contributed by atoms with E-state index in [0.29, 0.717) is 29.4 Å². The van der Waals surface area contributed by atoms with Crippen molar-refractivity contribution < 1.29 is 14.3 Å². The first-order chi connectivity index (χ1) is 20.2. The normalized spacial score (nSPS) is 31.8. The second-order valence-electron chi connectivity index (χ2n) is 16.9. The lowest BCUT2D eigenvalue weighted by atomic mass is 9.51. The molecule has 1 N–H and O–H groups in total. The van der Waals surface area contributed by atoms with Gasteiger partial charge in [0.2, 0.25) is 5.91 Å². The molecule has 6 heteroatoms. The van der Waals surface area contributed by atoms with Crippen molar-refractivity contribution in [2.24, 2.45) is 40.9 Å². The Hall–Kier alpha value is -0.460. The van der Waals surface area contributed by atoms with Crippen LogP contribution < -0.4 is 5.32 Å². The topological polar surface area (TPSA) is 55.4 Å². The predicted molar refractivity (Wildman–Crippen MR) is 193 cm³/mol. The van der Waals surface area contributed by atoms with Gasteiger partial charge in [-0.25, -0.2) is 0 Å². The van der Waals surface area contributed by atoms with E-state index in [1.807, 2.05) is 25.6 Å². The molecule has 3 fully saturated rings. The average Bonchev–Trinajstić information content (AvgIpc) is 3.24. The second kappa shape index (κ2) is 16.1. The van der Waals surface area contributed by atoms with Crippen LogP contribution in [0.5, 0.6) is 0 Å². The molecule has 44 heavy (non-hydrogen) atoms. The predicted octanol–water partition coefficient (Wildman–Crippen LogP) is 9.67. The van der Waals surface area contributed by atoms with Crippen molar-refractivity contribution in [1.82, 2.24) is 5.32 Å². The van der Waals surface area contributed by atoms with Crippen LogP contribution in [0.15, 0.2) is 11.6 Å². The van der Waals surface area contributed by atoms with Crippen LogP contribution in [0.3, 0.4) is 0 Å². The number of carbonyl (C=O) groups excluding carboxylic acids is 2. The van der Waals surface area contributed by atoms with Crippen LogP contribution in [0, 0.1) is 40.9 Å². The Bertz CT molecular complexity index is 991. The number of hydrogen-bond donors (Lipinski definition) is 1. The molecule has 0 aromatic carbocycles. The molecule has 3 saturated carbocycles. The van der Waals surface area contributed by atoms with Gasteiger partial charge >= 0.3 is 0 Å². The van der Waals surface area contributed by atoms with Crippen molar-refractivity contribution in [3.8, 4) is 0 Å². The number of carbonyl (C=O) groups is 2. The lowest BCUT2D eigenvalue weighted by Gasteiger charge is -2.54. The number of nitrogens with one attached hydrogen (secondary N) is 1. The number of unbranched alkanes of at least 4 members (excludes halogenated alkanes) is 1. The van der Waals surface area contributed by atoms with Crippen LogP contribution in [0.2, 0.25) is 0 Å². The summed E-state index contributed by atoms with van der Waals surface area (Å²) in [6.07, 6.45) is 20.5. The monoisotopic (exact) mass is 649 g/mol. The largest absolute Gasteiger partial charge is 0.375 e. The standard InChI is InChI=1S/C38H65NO3S.H2S/c1-26(2)11-9-10-12-29-14-18-34-33-16-13-28-23-30(15-17-31(28)32(33)19-20-38(29,34)8)43-25-35(41)39-36(4,5)21-22-42-37(6,7)24-27(3)40;/h13,26,29-34H,9-12,14-25H2,1-8H3,(H,39,41);1H2. The van der Waals surface area contributed by atoms with E-state index in [-0.39, 0.29) is 30.7 Å². The molecule has 0 saturated heterocycles. The molecule has 0 aromatic heterocycles. The molecule has 0 spiro atoms. The molecule has 4 nitrogen and oxygen atoms in total. The van der Waals surface area contributed by atoms with E-state index >= 15 is 0 Å². The van der Waals surface area contributed by atoms with Crippen molar-refractivity contribution in [2.45, 2.75) is 162 Å². The minimum absolute atomic E-state index is 0. The highest BCUT2D eigenvalue weighted by atomic mass is 32.2. The van der Waals surface area contributed by atoms with Gasteiger partial charge in [-0.15, -0.1) is 11.8 Å². The average molecular weight is 650 g/mol. The number of rotatable bonds is 15. The molecular weight excluding hydrogens is 583 g/mol. The lowest BCUT2D eigenvalue weighted by Crippen LogP contribution is -2.46. The molecule has 254 valence electrons. The van der Waals surface area contributed by atoms with Gasteiger partial charge < -0.3 is 10.1 Å². The summed E-state index contributed by atoms with van der Waals surface area (Å²) in [6.45, 7) is 17.6. The maximum atomic E-state index is 12.9. The molecule has 4 aliphatic rings. The Balaban J connectivity index is 0.00000529. The molecule has 0 heterocycles. The minimum atomic E-state index is -0.460. The molecule has 4 rings (SSSR count). The number of ether oxygens (including phenoxy) is 1. The fourth-order valence-corrected chi connectivity index (χ4v) is 10.9. The third-order valence-corrected chi connectivity index (χ3v) is 13.3. The number of hydrogen-bond acceptors (Lipinski definition) is 4. The summed E-state index contributed by atoms with van der Waals surface area (Å²) in [5.74, 6) is 6.20. The van der Waals surface area contributed by atoms with Gasteiger partial charge in [-0.1, -0.05) is 51.7 Å². The van der Waals surface area contributed by atoms with Crippen molar-refractivity contribution in [1.29, 1.82) is 0 Å². The van der Waals surface area contributed by atoms with Crippen LogP contribution in [0.25, 0.3) is 0 Å². The molecule has 1 amide bonds. The number of fused-ring (bicyclic) bond motifs is 5. The van der Waals surface area contributed by atoms with E-state index in [4.69, 9.17) is 4.74 Å². The van der Waals surface area contributed by atoms with E-state index in [1.54, 1.807) is 12.5 Å². The van der Waals surface area contributed by atoms with Crippen LogP contribution in [0.4, 0.5) is 0 Å². The fraction of sp³-hybridized carbons (Fsp3) is 0.895. The molecule has 0 bridgehead atoms. The maximum absolute atomic E-state index is 12.9. The van der Waals surface area contributed by atoms with Gasteiger partial charge in [0.25, 0.3) is 0 Å². The van der Waals surface area contributed by atoms with Gasteiger partial charge in [0, 0.05) is 23.8 Å².